The average molecular weight is 229 g/mol. The number of aliphatic carboxylic acids is 1. The minimum atomic E-state index is -0.848. The molecule has 0 saturated heterocycles. The number of carboxylic acid groups (broad SMARTS) is 1. The third-order valence-corrected chi connectivity index (χ3v) is 3.28. The standard InChI is InChI=1S/C12H23NO3/c1-10(2)6-11(3,4)8-12(7-10,16-13)5-9(14)15/h5-8,13H2,1-4H3,(H,14,15). The number of carboxylic acids is 1. The van der Waals surface area contributed by atoms with Crippen LogP contribution in [0.4, 0.5) is 0 Å². The topological polar surface area (TPSA) is 72.5 Å². The SMILES string of the molecule is CC1(C)CC(C)(C)CC(CC(=O)O)(ON)C1. The van der Waals surface area contributed by atoms with Crippen molar-refractivity contribution in [2.24, 2.45) is 16.7 Å². The van der Waals surface area contributed by atoms with Gasteiger partial charge < -0.3 is 5.11 Å². The molecule has 4 heteroatoms. The van der Waals surface area contributed by atoms with Crippen molar-refractivity contribution in [3.8, 4) is 0 Å². The van der Waals surface area contributed by atoms with E-state index >= 15 is 0 Å². The van der Waals surface area contributed by atoms with Gasteiger partial charge in [0.05, 0.1) is 6.42 Å². The van der Waals surface area contributed by atoms with Crippen LogP contribution in [0.3, 0.4) is 0 Å². The summed E-state index contributed by atoms with van der Waals surface area (Å²) >= 11 is 0. The summed E-state index contributed by atoms with van der Waals surface area (Å²) in [5, 5.41) is 8.97. The number of nitrogens with two attached hydrogens (primary N) is 1. The van der Waals surface area contributed by atoms with Gasteiger partial charge in [-0.25, -0.2) is 5.90 Å². The average Bonchev–Trinajstić information content (AvgIpc) is 1.96. The van der Waals surface area contributed by atoms with E-state index in [1.54, 1.807) is 0 Å². The second-order valence-corrected chi connectivity index (χ2v) is 6.73. The third kappa shape index (κ3) is 3.19. The van der Waals surface area contributed by atoms with Crippen LogP contribution in [-0.4, -0.2) is 16.7 Å². The maximum absolute atomic E-state index is 10.9. The van der Waals surface area contributed by atoms with Crippen molar-refractivity contribution in [3.05, 3.63) is 0 Å². The van der Waals surface area contributed by atoms with Gasteiger partial charge in [-0.05, 0) is 30.1 Å². The van der Waals surface area contributed by atoms with Crippen LogP contribution in [0.25, 0.3) is 0 Å². The van der Waals surface area contributed by atoms with Gasteiger partial charge in [0.15, 0.2) is 0 Å². The number of carbonyl (C=O) groups is 1. The van der Waals surface area contributed by atoms with Crippen LogP contribution < -0.4 is 5.90 Å². The van der Waals surface area contributed by atoms with Crippen LogP contribution in [0.5, 0.6) is 0 Å². The van der Waals surface area contributed by atoms with E-state index in [0.717, 1.165) is 6.42 Å². The van der Waals surface area contributed by atoms with Crippen molar-refractivity contribution >= 4 is 5.97 Å². The molecule has 1 rings (SSSR count). The van der Waals surface area contributed by atoms with Crippen molar-refractivity contribution in [2.75, 3.05) is 0 Å². The molecule has 1 aliphatic carbocycles. The molecular formula is C12H23NO3. The first kappa shape index (κ1) is 13.5. The molecule has 0 aromatic rings. The fourth-order valence-electron chi connectivity index (χ4n) is 3.75. The normalized spacial score (nSPS) is 26.3. The summed E-state index contributed by atoms with van der Waals surface area (Å²) in [6.45, 7) is 8.57. The van der Waals surface area contributed by atoms with E-state index in [2.05, 4.69) is 27.7 Å². The van der Waals surface area contributed by atoms with Crippen molar-refractivity contribution in [2.45, 2.75) is 59.0 Å². The van der Waals surface area contributed by atoms with Gasteiger partial charge in [0, 0.05) is 0 Å². The molecule has 94 valence electrons. The molecule has 0 aromatic carbocycles. The van der Waals surface area contributed by atoms with E-state index in [1.165, 1.54) is 0 Å². The molecule has 0 aromatic heterocycles. The Hall–Kier alpha value is -0.610. The first-order valence-electron chi connectivity index (χ1n) is 5.70. The smallest absolute Gasteiger partial charge is 0.306 e. The van der Waals surface area contributed by atoms with Crippen LogP contribution in [0.2, 0.25) is 0 Å². The van der Waals surface area contributed by atoms with E-state index < -0.39 is 11.6 Å². The molecule has 0 bridgehead atoms. The minimum absolute atomic E-state index is 0.0175. The van der Waals surface area contributed by atoms with Gasteiger partial charge in [0.1, 0.15) is 5.60 Å². The molecule has 3 N–H and O–H groups in total. The van der Waals surface area contributed by atoms with Crippen molar-refractivity contribution < 1.29 is 14.7 Å². The van der Waals surface area contributed by atoms with Crippen LogP contribution >= 0.6 is 0 Å². The second kappa shape index (κ2) is 4.00. The van der Waals surface area contributed by atoms with Crippen LogP contribution in [0, 0.1) is 10.8 Å². The lowest BCUT2D eigenvalue weighted by molar-refractivity contribution is -0.163. The van der Waals surface area contributed by atoms with Gasteiger partial charge in [-0.15, -0.1) is 0 Å². The van der Waals surface area contributed by atoms with Gasteiger partial charge in [-0.1, -0.05) is 27.7 Å². The lowest BCUT2D eigenvalue weighted by atomic mass is 9.59. The maximum atomic E-state index is 10.9. The highest BCUT2D eigenvalue weighted by atomic mass is 16.6. The molecule has 0 unspecified atom stereocenters. The molecule has 0 aliphatic heterocycles. The summed E-state index contributed by atoms with van der Waals surface area (Å²) < 4.78 is 0. The Morgan fingerprint density at radius 2 is 1.62 bits per heavy atom. The fraction of sp³-hybridized carbons (Fsp3) is 0.917. The quantitative estimate of drug-likeness (QED) is 0.728. The Bertz CT molecular complexity index is 268. The first-order chi connectivity index (χ1) is 7.10. The van der Waals surface area contributed by atoms with E-state index in [-0.39, 0.29) is 17.3 Å². The molecule has 4 nitrogen and oxygen atoms in total. The zero-order valence-corrected chi connectivity index (χ0v) is 10.7. The molecule has 16 heavy (non-hydrogen) atoms. The lowest BCUT2D eigenvalue weighted by Crippen LogP contribution is -2.50. The number of rotatable bonds is 3. The highest BCUT2D eigenvalue weighted by Gasteiger charge is 2.49. The largest absolute Gasteiger partial charge is 0.481 e. The van der Waals surface area contributed by atoms with Crippen LogP contribution in [-0.2, 0) is 9.63 Å². The third-order valence-electron chi connectivity index (χ3n) is 3.28. The van der Waals surface area contributed by atoms with Gasteiger partial charge >= 0.3 is 5.97 Å². The van der Waals surface area contributed by atoms with Gasteiger partial charge in [-0.3, -0.25) is 9.63 Å². The van der Waals surface area contributed by atoms with Crippen molar-refractivity contribution in [3.63, 3.8) is 0 Å². The number of hydrogen-bond donors (Lipinski definition) is 2. The lowest BCUT2D eigenvalue weighted by Gasteiger charge is -2.50. The summed E-state index contributed by atoms with van der Waals surface area (Å²) in [6, 6.07) is 0. The molecule has 0 radical (unpaired) electrons. The Kier molecular flexibility index (Phi) is 3.37. The summed E-state index contributed by atoms with van der Waals surface area (Å²) in [5.41, 5.74) is -0.579. The predicted molar refractivity (Wildman–Crippen MR) is 61.7 cm³/mol. The summed E-state index contributed by atoms with van der Waals surface area (Å²) in [4.78, 5) is 16.0. The number of hydrogen-bond acceptors (Lipinski definition) is 3. The summed E-state index contributed by atoms with van der Waals surface area (Å²) in [5.74, 6) is 4.52. The molecule has 0 heterocycles. The zero-order chi connectivity index (χ0) is 12.6. The highest BCUT2D eigenvalue weighted by Crippen LogP contribution is 2.52. The molecular weight excluding hydrogens is 206 g/mol. The van der Waals surface area contributed by atoms with Gasteiger partial charge in [-0.2, -0.15) is 0 Å². The van der Waals surface area contributed by atoms with Crippen molar-refractivity contribution in [1.82, 2.24) is 0 Å². The molecule has 0 spiro atoms. The van der Waals surface area contributed by atoms with E-state index in [9.17, 15) is 4.79 Å². The van der Waals surface area contributed by atoms with E-state index in [1.807, 2.05) is 0 Å². The minimum Gasteiger partial charge on any atom is -0.481 e. The second-order valence-electron chi connectivity index (χ2n) is 6.73. The van der Waals surface area contributed by atoms with E-state index in [4.69, 9.17) is 15.8 Å². The Balaban J connectivity index is 2.96. The van der Waals surface area contributed by atoms with Crippen LogP contribution in [0.15, 0.2) is 0 Å². The first-order valence-corrected chi connectivity index (χ1v) is 5.70. The molecule has 0 atom stereocenters. The molecule has 1 fully saturated rings. The van der Waals surface area contributed by atoms with Gasteiger partial charge in [0.25, 0.3) is 0 Å². The zero-order valence-electron chi connectivity index (χ0n) is 10.7. The highest BCUT2D eigenvalue weighted by molar-refractivity contribution is 5.68. The fourth-order valence-corrected chi connectivity index (χ4v) is 3.75. The molecule has 0 amide bonds. The van der Waals surface area contributed by atoms with Crippen molar-refractivity contribution in [1.29, 1.82) is 0 Å². The Morgan fingerprint density at radius 3 is 1.94 bits per heavy atom. The maximum Gasteiger partial charge on any atom is 0.306 e. The predicted octanol–water partition coefficient (Wildman–Crippen LogP) is 2.33. The molecule has 1 saturated carbocycles. The van der Waals surface area contributed by atoms with Gasteiger partial charge in [0.2, 0.25) is 0 Å². The Morgan fingerprint density at radius 1 is 1.19 bits per heavy atom. The summed E-state index contributed by atoms with van der Waals surface area (Å²) in [6.07, 6.45) is 2.44. The Labute approximate surface area is 97.1 Å². The summed E-state index contributed by atoms with van der Waals surface area (Å²) in [7, 11) is 0. The van der Waals surface area contributed by atoms with E-state index in [0.29, 0.717) is 12.8 Å². The molecule has 1 aliphatic rings. The monoisotopic (exact) mass is 229 g/mol. The van der Waals surface area contributed by atoms with Crippen LogP contribution in [0.1, 0.15) is 53.4 Å².